The first kappa shape index (κ1) is 13.5. The van der Waals surface area contributed by atoms with Crippen molar-refractivity contribution in [2.24, 2.45) is 5.92 Å². The molecule has 1 aromatic carbocycles. The zero-order valence-electron chi connectivity index (χ0n) is 9.90. The summed E-state index contributed by atoms with van der Waals surface area (Å²) in [6.07, 6.45) is 2.34. The summed E-state index contributed by atoms with van der Waals surface area (Å²) < 4.78 is 13.9. The molecule has 98 valence electrons. The summed E-state index contributed by atoms with van der Waals surface area (Å²) in [4.78, 5) is 12.7. The lowest BCUT2D eigenvalue weighted by Gasteiger charge is -2.20. The molecule has 0 aromatic heterocycles. The van der Waals surface area contributed by atoms with Crippen LogP contribution in [-0.4, -0.2) is 29.1 Å². The zero-order chi connectivity index (χ0) is 13.1. The molecule has 0 saturated heterocycles. The van der Waals surface area contributed by atoms with E-state index in [1.165, 1.54) is 25.0 Å². The topological polar surface area (TPSA) is 40.5 Å². The van der Waals surface area contributed by atoms with E-state index < -0.39 is 5.97 Å². The standard InChI is InChI=1S/C13H15BrFNO2/c14-11-3-10(4-12(15)5-11)7-16(8-13(17)18)6-9-1-2-9/h3-5,9H,1-2,6-8H2,(H,17,18). The molecule has 1 N–H and O–H groups in total. The van der Waals surface area contributed by atoms with Gasteiger partial charge in [0, 0.05) is 17.6 Å². The molecule has 1 aliphatic carbocycles. The number of carboxylic acid groups (broad SMARTS) is 1. The SMILES string of the molecule is O=C(O)CN(Cc1cc(F)cc(Br)c1)CC1CC1. The molecular formula is C13H15BrFNO2. The lowest BCUT2D eigenvalue weighted by Crippen LogP contribution is -2.31. The molecule has 2 rings (SSSR count). The van der Waals surface area contributed by atoms with E-state index in [0.717, 1.165) is 12.1 Å². The number of nitrogens with zero attached hydrogens (tertiary/aromatic N) is 1. The van der Waals surface area contributed by atoms with Gasteiger partial charge in [-0.25, -0.2) is 4.39 Å². The van der Waals surface area contributed by atoms with Crippen molar-refractivity contribution in [2.45, 2.75) is 19.4 Å². The molecule has 3 nitrogen and oxygen atoms in total. The first-order valence-corrected chi connectivity index (χ1v) is 6.71. The Morgan fingerprint density at radius 2 is 2.17 bits per heavy atom. The smallest absolute Gasteiger partial charge is 0.317 e. The molecule has 0 aliphatic heterocycles. The Balaban J connectivity index is 2.03. The Labute approximate surface area is 114 Å². The molecule has 18 heavy (non-hydrogen) atoms. The van der Waals surface area contributed by atoms with Crippen molar-refractivity contribution >= 4 is 21.9 Å². The molecule has 0 amide bonds. The maximum atomic E-state index is 13.3. The Morgan fingerprint density at radius 3 is 2.72 bits per heavy atom. The van der Waals surface area contributed by atoms with E-state index in [-0.39, 0.29) is 12.4 Å². The summed E-state index contributed by atoms with van der Waals surface area (Å²) >= 11 is 3.24. The monoisotopic (exact) mass is 315 g/mol. The molecule has 0 radical (unpaired) electrons. The van der Waals surface area contributed by atoms with Crippen molar-refractivity contribution in [3.05, 3.63) is 34.1 Å². The Hall–Kier alpha value is -0.940. The van der Waals surface area contributed by atoms with Crippen molar-refractivity contribution in [1.82, 2.24) is 4.90 Å². The van der Waals surface area contributed by atoms with Gasteiger partial charge in [0.1, 0.15) is 5.82 Å². The average Bonchev–Trinajstić information content (AvgIpc) is 2.98. The minimum atomic E-state index is -0.842. The highest BCUT2D eigenvalue weighted by molar-refractivity contribution is 9.10. The van der Waals surface area contributed by atoms with E-state index in [9.17, 15) is 9.18 Å². The number of halogens is 2. The first-order valence-electron chi connectivity index (χ1n) is 5.92. The number of aliphatic carboxylic acids is 1. The van der Waals surface area contributed by atoms with Crippen LogP contribution in [0.15, 0.2) is 22.7 Å². The van der Waals surface area contributed by atoms with Gasteiger partial charge in [-0.1, -0.05) is 15.9 Å². The van der Waals surface area contributed by atoms with E-state index in [1.54, 1.807) is 0 Å². The second kappa shape index (κ2) is 5.80. The minimum absolute atomic E-state index is 0.00460. The van der Waals surface area contributed by atoms with Gasteiger partial charge in [-0.05, 0) is 42.5 Å². The van der Waals surface area contributed by atoms with Crippen LogP contribution >= 0.6 is 15.9 Å². The number of hydrogen-bond donors (Lipinski definition) is 1. The van der Waals surface area contributed by atoms with Crippen LogP contribution in [-0.2, 0) is 11.3 Å². The van der Waals surface area contributed by atoms with Crippen LogP contribution in [0.4, 0.5) is 4.39 Å². The van der Waals surface area contributed by atoms with Crippen molar-refractivity contribution in [1.29, 1.82) is 0 Å². The van der Waals surface area contributed by atoms with Gasteiger partial charge in [-0.15, -0.1) is 0 Å². The van der Waals surface area contributed by atoms with Gasteiger partial charge in [0.15, 0.2) is 0 Å². The lowest BCUT2D eigenvalue weighted by molar-refractivity contribution is -0.138. The van der Waals surface area contributed by atoms with E-state index in [1.807, 2.05) is 11.0 Å². The van der Waals surface area contributed by atoms with E-state index in [4.69, 9.17) is 5.11 Å². The van der Waals surface area contributed by atoms with E-state index >= 15 is 0 Å². The fourth-order valence-corrected chi connectivity index (χ4v) is 2.52. The molecule has 5 heteroatoms. The van der Waals surface area contributed by atoms with E-state index in [0.29, 0.717) is 16.9 Å². The molecule has 0 heterocycles. The Kier molecular flexibility index (Phi) is 4.35. The molecule has 0 atom stereocenters. The number of hydrogen-bond acceptors (Lipinski definition) is 2. The number of benzene rings is 1. The second-order valence-electron chi connectivity index (χ2n) is 4.78. The van der Waals surface area contributed by atoms with Gasteiger partial charge in [0.05, 0.1) is 6.54 Å². The Morgan fingerprint density at radius 1 is 1.44 bits per heavy atom. The number of rotatable bonds is 6. The predicted molar refractivity (Wildman–Crippen MR) is 69.7 cm³/mol. The molecular weight excluding hydrogens is 301 g/mol. The normalized spacial score (nSPS) is 15.1. The molecule has 0 unspecified atom stereocenters. The van der Waals surface area contributed by atoms with Gasteiger partial charge in [-0.3, -0.25) is 9.69 Å². The Bertz CT molecular complexity index is 428. The van der Waals surface area contributed by atoms with Crippen molar-refractivity contribution in [2.75, 3.05) is 13.1 Å². The van der Waals surface area contributed by atoms with Gasteiger partial charge in [0.25, 0.3) is 0 Å². The maximum absolute atomic E-state index is 13.3. The summed E-state index contributed by atoms with van der Waals surface area (Å²) in [5.74, 6) is -0.534. The van der Waals surface area contributed by atoms with Crippen LogP contribution in [0.2, 0.25) is 0 Å². The molecule has 1 saturated carbocycles. The maximum Gasteiger partial charge on any atom is 0.317 e. The quantitative estimate of drug-likeness (QED) is 0.877. The third-order valence-corrected chi connectivity index (χ3v) is 3.36. The van der Waals surface area contributed by atoms with Crippen LogP contribution in [0, 0.1) is 11.7 Å². The molecule has 1 aliphatic rings. The summed E-state index contributed by atoms with van der Waals surface area (Å²) in [5.41, 5.74) is 0.795. The van der Waals surface area contributed by atoms with Crippen LogP contribution in [0.25, 0.3) is 0 Å². The fraction of sp³-hybridized carbons (Fsp3) is 0.462. The zero-order valence-corrected chi connectivity index (χ0v) is 11.5. The van der Waals surface area contributed by atoms with Crippen molar-refractivity contribution in [3.63, 3.8) is 0 Å². The second-order valence-corrected chi connectivity index (χ2v) is 5.70. The first-order chi connectivity index (χ1) is 8.52. The summed E-state index contributed by atoms with van der Waals surface area (Å²) in [7, 11) is 0. The predicted octanol–water partition coefficient (Wildman–Crippen LogP) is 2.88. The largest absolute Gasteiger partial charge is 0.480 e. The van der Waals surface area contributed by atoms with Gasteiger partial charge in [-0.2, -0.15) is 0 Å². The molecule has 0 spiro atoms. The van der Waals surface area contributed by atoms with Crippen molar-refractivity contribution in [3.8, 4) is 0 Å². The summed E-state index contributed by atoms with van der Waals surface area (Å²) in [6.45, 7) is 1.25. The van der Waals surface area contributed by atoms with Crippen LogP contribution < -0.4 is 0 Å². The molecule has 0 bridgehead atoms. The van der Waals surface area contributed by atoms with Gasteiger partial charge in [0.2, 0.25) is 0 Å². The van der Waals surface area contributed by atoms with Crippen LogP contribution in [0.3, 0.4) is 0 Å². The van der Waals surface area contributed by atoms with Crippen LogP contribution in [0.5, 0.6) is 0 Å². The summed E-state index contributed by atoms with van der Waals surface area (Å²) in [6, 6.07) is 4.67. The average molecular weight is 316 g/mol. The number of carbonyl (C=O) groups is 1. The highest BCUT2D eigenvalue weighted by Crippen LogP contribution is 2.30. The third kappa shape index (κ3) is 4.38. The number of carboxylic acids is 1. The van der Waals surface area contributed by atoms with Crippen molar-refractivity contribution < 1.29 is 14.3 Å². The summed E-state index contributed by atoms with van der Waals surface area (Å²) in [5, 5.41) is 8.88. The highest BCUT2D eigenvalue weighted by atomic mass is 79.9. The lowest BCUT2D eigenvalue weighted by atomic mass is 10.2. The molecule has 1 fully saturated rings. The van der Waals surface area contributed by atoms with Gasteiger partial charge < -0.3 is 5.11 Å². The van der Waals surface area contributed by atoms with Gasteiger partial charge >= 0.3 is 5.97 Å². The fourth-order valence-electron chi connectivity index (χ4n) is 2.00. The molecule has 1 aromatic rings. The third-order valence-electron chi connectivity index (χ3n) is 2.90. The van der Waals surface area contributed by atoms with E-state index in [2.05, 4.69) is 15.9 Å². The minimum Gasteiger partial charge on any atom is -0.480 e. The van der Waals surface area contributed by atoms with Crippen LogP contribution in [0.1, 0.15) is 18.4 Å². The highest BCUT2D eigenvalue weighted by Gasteiger charge is 2.25.